The van der Waals surface area contributed by atoms with E-state index in [2.05, 4.69) is 37.2 Å². The third-order valence-corrected chi connectivity index (χ3v) is 24.1. The minimum absolute atomic E-state index is 0.0141. The minimum atomic E-state index is -2.00. The number of aliphatic hydroxyl groups is 4. The van der Waals surface area contributed by atoms with Crippen LogP contribution >= 0.6 is 11.8 Å². The molecule has 0 bridgehead atoms. The number of aromatic hydroxyl groups is 2. The number of aliphatic hydroxyl groups excluding tert-OH is 4. The zero-order valence-corrected chi connectivity index (χ0v) is 76.8. The Morgan fingerprint density at radius 2 is 0.924 bits per heavy atom. The van der Waals surface area contributed by atoms with Crippen molar-refractivity contribution >= 4 is 129 Å². The molecule has 39 heteroatoms. The Morgan fingerprint density at radius 3 is 1.43 bits per heavy atom. The molecular weight excluding hydrogens is 1740 g/mol. The molecule has 4 rings (SSSR count). The summed E-state index contributed by atoms with van der Waals surface area (Å²) in [6.45, 7) is 9.81. The number of imide groups is 1. The molecule has 132 heavy (non-hydrogen) atoms. The zero-order valence-electron chi connectivity index (χ0n) is 76.0. The smallest absolute Gasteiger partial charge is 0.304 e. The van der Waals surface area contributed by atoms with Gasteiger partial charge in [-0.25, -0.2) is 0 Å². The molecule has 1 aliphatic heterocycles. The molecule has 0 saturated carbocycles. The lowest BCUT2D eigenvalue weighted by Gasteiger charge is -2.28. The summed E-state index contributed by atoms with van der Waals surface area (Å²) in [5.41, 5.74) is 6.76. The Kier molecular flexibility index (Phi) is 49.5. The highest BCUT2D eigenvalue weighted by Gasteiger charge is 2.42. The lowest BCUT2D eigenvalue weighted by Crippen LogP contribution is -2.52. The van der Waals surface area contributed by atoms with Crippen LogP contribution in [0.4, 0.5) is 0 Å². The number of unbranched alkanes of at least 4 members (excludes halogenated alkanes) is 1. The van der Waals surface area contributed by atoms with Gasteiger partial charge in [-0.2, -0.15) is 0 Å². The van der Waals surface area contributed by atoms with E-state index >= 15 is 0 Å². The molecule has 1 fully saturated rings. The van der Waals surface area contributed by atoms with Crippen molar-refractivity contribution in [3.05, 3.63) is 95.6 Å². The standard InChI is InChI=1S/C93H131N9O29S/c1-9-52(4)85(80(116)40-61(34-58-20-25-65(107)26-21-58)88(126)97-72(32-51(2)3)76(112)38-62(42-83(120)121)87(125)96-54(6)16-13-14-30-94)101-90(128)64(47-103)41-77(113)73(36-59-22-27-66(108)28-23-59)98-89(127)63(43-84(122)123)39-78(114)75(48-104)100-92(130)71(56(8)106)45-79(115)74(35-57-17-11-10-12-18-57)99-91(129)70(55(7)105)44-68(110)46-95-86(124)60(24-29-82(118)119)37-69(111)50-132-49-67(109)19-15-31-102-81(117)33-53(5)93(102)131/h10-12,17-18,20-23,25-28,51-56,60-64,70-75,85,103-108H,9,13-16,19,24,29-50,94H2,1-8H3,(H,95,124)(H,96,125)(H,97,126)(H,98,127)(H,99,129)(H,100,130)(H,101,128)(H,118,119)(H,120,121)(H,122,123)/t52-,53-,54+,55+,56+,60+,61+,62-,63-,64-,70-,71-,72-,73-,74-,75-,85-/m0/s1. The van der Waals surface area contributed by atoms with Crippen LogP contribution in [0.3, 0.4) is 0 Å². The number of hydrogen-bond acceptors (Lipinski definition) is 28. The van der Waals surface area contributed by atoms with Gasteiger partial charge >= 0.3 is 17.9 Å². The van der Waals surface area contributed by atoms with Gasteiger partial charge in [0.25, 0.3) is 0 Å². The fourth-order valence-electron chi connectivity index (χ4n) is 15.1. The van der Waals surface area contributed by atoms with E-state index in [4.69, 9.17) is 5.73 Å². The summed E-state index contributed by atoms with van der Waals surface area (Å²) < 4.78 is 0. The number of thioether (sulfide) groups is 1. The van der Waals surface area contributed by atoms with Gasteiger partial charge < -0.3 is 88.9 Å². The minimum Gasteiger partial charge on any atom is -0.508 e. The molecule has 17 atom stereocenters. The highest BCUT2D eigenvalue weighted by Crippen LogP contribution is 2.27. The van der Waals surface area contributed by atoms with Crippen LogP contribution in [0.1, 0.15) is 194 Å². The van der Waals surface area contributed by atoms with Crippen molar-refractivity contribution < 1.29 is 142 Å². The van der Waals surface area contributed by atoms with Crippen LogP contribution in [0.25, 0.3) is 0 Å². The van der Waals surface area contributed by atoms with Crippen LogP contribution in [-0.2, 0) is 115 Å². The van der Waals surface area contributed by atoms with Crippen molar-refractivity contribution in [2.75, 3.05) is 44.4 Å². The second-order valence-corrected chi connectivity index (χ2v) is 35.7. The van der Waals surface area contributed by atoms with Crippen LogP contribution in [0.2, 0.25) is 0 Å². The summed E-state index contributed by atoms with van der Waals surface area (Å²) in [6.07, 6.45) is -9.94. The number of carbonyl (C=O) groups excluding carboxylic acids is 17. The lowest BCUT2D eigenvalue weighted by atomic mass is 9.85. The first-order valence-electron chi connectivity index (χ1n) is 44.5. The monoisotopic (exact) mass is 1870 g/mol. The lowest BCUT2D eigenvalue weighted by molar-refractivity contribution is -0.143. The van der Waals surface area contributed by atoms with E-state index in [0.717, 1.165) is 30.5 Å². The van der Waals surface area contributed by atoms with Crippen LogP contribution in [-0.4, -0.2) is 261 Å². The predicted octanol–water partition coefficient (Wildman–Crippen LogP) is 2.46. The number of ketones is 8. The number of hydrogen-bond donors (Lipinski definition) is 17. The largest absolute Gasteiger partial charge is 0.508 e. The van der Waals surface area contributed by atoms with Crippen LogP contribution in [0.5, 0.6) is 11.5 Å². The van der Waals surface area contributed by atoms with Crippen molar-refractivity contribution in [2.24, 2.45) is 64.9 Å². The van der Waals surface area contributed by atoms with Gasteiger partial charge in [0.15, 0.2) is 34.7 Å². The molecule has 3 aromatic rings. The molecule has 0 aliphatic carbocycles. The Hall–Kier alpha value is -11.4. The van der Waals surface area contributed by atoms with E-state index in [0.29, 0.717) is 36.9 Å². The molecule has 18 N–H and O–H groups in total. The molecule has 0 radical (unpaired) electrons. The topological polar surface area (TPSA) is 637 Å². The normalized spacial score (nSPS) is 16.2. The number of phenols is 2. The van der Waals surface area contributed by atoms with Gasteiger partial charge in [0, 0.05) is 94.5 Å². The number of phenolic OH excluding ortho intramolecular Hbond substituents is 2. The maximum Gasteiger partial charge on any atom is 0.304 e. The Morgan fingerprint density at radius 1 is 0.455 bits per heavy atom. The summed E-state index contributed by atoms with van der Waals surface area (Å²) in [5.74, 6) is -31.3. The molecule has 1 aliphatic rings. The molecular formula is C93H131N9O29S. The summed E-state index contributed by atoms with van der Waals surface area (Å²) in [5, 5.41) is 111. The van der Waals surface area contributed by atoms with Crippen molar-refractivity contribution in [3.8, 4) is 11.5 Å². The van der Waals surface area contributed by atoms with Crippen molar-refractivity contribution in [1.82, 2.24) is 42.1 Å². The number of likely N-dealkylation sites (tertiary alicyclic amines) is 1. The number of benzene rings is 3. The Balaban J connectivity index is 1.52. The number of rotatable bonds is 67. The van der Waals surface area contributed by atoms with Crippen molar-refractivity contribution in [1.29, 1.82) is 0 Å². The second kappa shape index (κ2) is 57.8. The second-order valence-electron chi connectivity index (χ2n) is 34.7. The maximum absolute atomic E-state index is 14.8. The number of aliphatic carboxylic acids is 3. The molecule has 0 unspecified atom stereocenters. The molecule has 38 nitrogen and oxygen atoms in total. The Labute approximate surface area is 770 Å². The molecule has 9 amide bonds. The summed E-state index contributed by atoms with van der Waals surface area (Å²) in [7, 11) is 0. The summed E-state index contributed by atoms with van der Waals surface area (Å²) in [6, 6.07) is 10.4. The van der Waals surface area contributed by atoms with Gasteiger partial charge in [0.1, 0.15) is 29.1 Å². The van der Waals surface area contributed by atoms with Gasteiger partial charge in [-0.05, 0) is 131 Å². The van der Waals surface area contributed by atoms with E-state index in [1.54, 1.807) is 71.9 Å². The quantitative estimate of drug-likeness (QED) is 0.0285. The maximum atomic E-state index is 14.8. The fourth-order valence-corrected chi connectivity index (χ4v) is 15.9. The van der Waals surface area contributed by atoms with E-state index in [-0.39, 0.29) is 110 Å². The fraction of sp³-hybridized carbons (Fsp3) is 0.591. The van der Waals surface area contributed by atoms with E-state index < -0.39 is 292 Å². The third-order valence-electron chi connectivity index (χ3n) is 23.0. The molecule has 1 saturated heterocycles. The number of nitrogens with two attached hydrogens (primary N) is 1. The van der Waals surface area contributed by atoms with Gasteiger partial charge in [0.05, 0.1) is 110 Å². The van der Waals surface area contributed by atoms with E-state index in [1.165, 1.54) is 48.5 Å². The first-order chi connectivity index (χ1) is 62.3. The first kappa shape index (κ1) is 113. The van der Waals surface area contributed by atoms with Gasteiger partial charge in [-0.1, -0.05) is 102 Å². The highest BCUT2D eigenvalue weighted by molar-refractivity contribution is 8.00. The number of amides is 9. The first-order valence-corrected chi connectivity index (χ1v) is 45.7. The van der Waals surface area contributed by atoms with Crippen molar-refractivity contribution in [2.45, 2.75) is 245 Å². The Bertz CT molecular complexity index is 4450. The summed E-state index contributed by atoms with van der Waals surface area (Å²) in [4.78, 5) is 273. The molecule has 0 spiro atoms. The zero-order chi connectivity index (χ0) is 98.8. The number of carboxylic acid groups (broad SMARTS) is 3. The molecule has 0 aromatic heterocycles. The average molecular weight is 1870 g/mol. The average Bonchev–Trinajstić information content (AvgIpc) is 1.30. The van der Waals surface area contributed by atoms with Gasteiger partial charge in [-0.3, -0.25) is 101 Å². The molecule has 728 valence electrons. The number of nitrogens with one attached hydrogen (secondary N) is 7. The van der Waals surface area contributed by atoms with Crippen LogP contribution in [0, 0.1) is 59.2 Å². The van der Waals surface area contributed by atoms with Gasteiger partial charge in [-0.15, -0.1) is 11.8 Å². The number of carbonyl (C=O) groups is 20. The van der Waals surface area contributed by atoms with Crippen LogP contribution < -0.4 is 43.0 Å². The van der Waals surface area contributed by atoms with Gasteiger partial charge in [0.2, 0.25) is 53.2 Å². The molecule has 3 aromatic carbocycles. The number of carboxylic acids is 3. The number of nitrogens with zero attached hydrogens (tertiary/aromatic N) is 1. The van der Waals surface area contributed by atoms with E-state index in [9.17, 15) is 142 Å². The van der Waals surface area contributed by atoms with E-state index in [1.807, 2.05) is 0 Å². The molecule has 1 heterocycles. The summed E-state index contributed by atoms with van der Waals surface area (Å²) >= 11 is 0.940. The van der Waals surface area contributed by atoms with Crippen LogP contribution in [0.15, 0.2) is 78.9 Å². The SMILES string of the molecule is CC[C@H](C)[C@H](NC(=O)[C@H](CO)CC(=O)[C@H](Cc1ccc(O)cc1)NC(=O)[C@H](CC(=O)O)CC(=O)[C@H](CO)NC(=O)[C@@H](CC(=O)[C@H](Cc1ccccc1)NC(=O)[C@@H](CC(=O)CNC(=O)[C@H](CCC(=O)O)CC(=O)CSCC(=O)CCCN1C(=O)C[C@H](C)C1=O)[C@@H](C)O)[C@@H](C)O)C(=O)C[C@@H](Cc1ccc(O)cc1)C(=O)N[C@@H](CC(C)C)C(=O)C[C@@H](CC(=O)O)C(=O)N[C@H](C)CCCCN. The highest BCUT2D eigenvalue weighted by atomic mass is 32.2. The van der Waals surface area contributed by atoms with Crippen molar-refractivity contribution in [3.63, 3.8) is 0 Å². The number of Topliss-reactive ketones (excluding diaryl/α,β-unsaturated/α-hetero) is 8. The third kappa shape index (κ3) is 40.4. The predicted molar refractivity (Wildman–Crippen MR) is 479 cm³/mol.